The number of aryl methyl sites for hydroxylation is 1. The summed E-state index contributed by atoms with van der Waals surface area (Å²) in [5, 5.41) is 2.87. The number of nitrogens with one attached hydrogen (secondary N) is 1. The molecule has 1 aromatic carbocycles. The van der Waals surface area contributed by atoms with Gasteiger partial charge < -0.3 is 10.1 Å². The second kappa shape index (κ2) is 9.84. The quantitative estimate of drug-likeness (QED) is 0.762. The summed E-state index contributed by atoms with van der Waals surface area (Å²) in [6.45, 7) is 2.88. The molecule has 9 heteroatoms. The SMILES string of the molecule is COc1ccc(C(=O)NC2CCC(N(C(C)=O)C(=O)c3cc(F)cnc3C)CC2)cc1F. The zero-order valence-electron chi connectivity index (χ0n) is 18.2. The average Bonchev–Trinajstić information content (AvgIpc) is 2.76. The van der Waals surface area contributed by atoms with E-state index in [9.17, 15) is 23.2 Å². The minimum Gasteiger partial charge on any atom is -0.494 e. The third kappa shape index (κ3) is 5.09. The molecule has 1 aliphatic rings. The molecular formula is C23H25F2N3O4. The summed E-state index contributed by atoms with van der Waals surface area (Å²) in [5.41, 5.74) is 0.576. The van der Waals surface area contributed by atoms with Gasteiger partial charge in [0.25, 0.3) is 11.8 Å². The van der Waals surface area contributed by atoms with Crippen molar-refractivity contribution >= 4 is 17.7 Å². The number of pyridine rings is 1. The Kier molecular flexibility index (Phi) is 7.17. The average molecular weight is 445 g/mol. The third-order valence-electron chi connectivity index (χ3n) is 5.65. The van der Waals surface area contributed by atoms with Crippen molar-refractivity contribution in [2.75, 3.05) is 7.11 Å². The molecule has 3 rings (SSSR count). The van der Waals surface area contributed by atoms with Crippen LogP contribution in [0.15, 0.2) is 30.5 Å². The van der Waals surface area contributed by atoms with Crippen molar-refractivity contribution in [3.63, 3.8) is 0 Å². The minimum atomic E-state index is -0.649. The number of ether oxygens (including phenoxy) is 1. The zero-order chi connectivity index (χ0) is 23.4. The van der Waals surface area contributed by atoms with E-state index >= 15 is 0 Å². The number of hydrogen-bond donors (Lipinski definition) is 1. The van der Waals surface area contributed by atoms with Crippen LogP contribution in [0.5, 0.6) is 5.75 Å². The number of amides is 3. The summed E-state index contributed by atoms with van der Waals surface area (Å²) >= 11 is 0. The molecule has 0 radical (unpaired) electrons. The van der Waals surface area contributed by atoms with E-state index in [2.05, 4.69) is 10.3 Å². The monoisotopic (exact) mass is 445 g/mol. The summed E-state index contributed by atoms with van der Waals surface area (Å²) in [4.78, 5) is 42.7. The van der Waals surface area contributed by atoms with E-state index in [-0.39, 0.29) is 29.0 Å². The first-order valence-corrected chi connectivity index (χ1v) is 10.3. The van der Waals surface area contributed by atoms with E-state index in [0.29, 0.717) is 31.4 Å². The van der Waals surface area contributed by atoms with Gasteiger partial charge in [-0.25, -0.2) is 8.78 Å². The highest BCUT2D eigenvalue weighted by Gasteiger charge is 2.33. The Bertz CT molecular complexity index is 1040. The zero-order valence-corrected chi connectivity index (χ0v) is 18.2. The van der Waals surface area contributed by atoms with Crippen LogP contribution < -0.4 is 10.1 Å². The van der Waals surface area contributed by atoms with Crippen LogP contribution in [0.3, 0.4) is 0 Å². The predicted molar refractivity (Wildman–Crippen MR) is 112 cm³/mol. The summed E-state index contributed by atoms with van der Waals surface area (Å²) in [5.74, 6) is -2.63. The Morgan fingerprint density at radius 3 is 2.41 bits per heavy atom. The maximum Gasteiger partial charge on any atom is 0.262 e. The van der Waals surface area contributed by atoms with Crippen LogP contribution in [0.25, 0.3) is 0 Å². The first kappa shape index (κ1) is 23.3. The number of hydrogen-bond acceptors (Lipinski definition) is 5. The molecule has 0 spiro atoms. The molecule has 7 nitrogen and oxygen atoms in total. The maximum atomic E-state index is 13.9. The van der Waals surface area contributed by atoms with Crippen LogP contribution in [0, 0.1) is 18.6 Å². The van der Waals surface area contributed by atoms with E-state index in [1.807, 2.05) is 0 Å². The van der Waals surface area contributed by atoms with Crippen molar-refractivity contribution in [3.8, 4) is 5.75 Å². The Labute approximate surface area is 184 Å². The first-order valence-electron chi connectivity index (χ1n) is 10.3. The molecular weight excluding hydrogens is 420 g/mol. The number of aromatic nitrogens is 1. The molecule has 1 N–H and O–H groups in total. The van der Waals surface area contributed by atoms with E-state index < -0.39 is 29.4 Å². The number of rotatable bonds is 5. The number of benzene rings is 1. The molecule has 1 saturated carbocycles. The number of halogens is 2. The number of methoxy groups -OCH3 is 1. The molecule has 1 aliphatic carbocycles. The molecule has 3 amide bonds. The number of carbonyl (C=O) groups excluding carboxylic acids is 3. The van der Waals surface area contributed by atoms with Crippen molar-refractivity contribution in [3.05, 3.63) is 58.9 Å². The summed E-state index contributed by atoms with van der Waals surface area (Å²) in [6.07, 6.45) is 3.05. The number of nitrogens with zero attached hydrogens (tertiary/aromatic N) is 2. The fourth-order valence-corrected chi connectivity index (χ4v) is 3.97. The van der Waals surface area contributed by atoms with Gasteiger partial charge in [-0.3, -0.25) is 24.3 Å². The smallest absolute Gasteiger partial charge is 0.262 e. The summed E-state index contributed by atoms with van der Waals surface area (Å²) in [7, 11) is 1.35. The van der Waals surface area contributed by atoms with Crippen molar-refractivity contribution < 1.29 is 27.9 Å². The van der Waals surface area contributed by atoms with Crippen molar-refractivity contribution in [2.24, 2.45) is 0 Å². The van der Waals surface area contributed by atoms with E-state index in [1.54, 1.807) is 6.92 Å². The van der Waals surface area contributed by atoms with Crippen LogP contribution in [-0.2, 0) is 4.79 Å². The van der Waals surface area contributed by atoms with Gasteiger partial charge in [-0.05, 0) is 56.9 Å². The molecule has 32 heavy (non-hydrogen) atoms. The lowest BCUT2D eigenvalue weighted by Gasteiger charge is -2.35. The van der Waals surface area contributed by atoms with Crippen LogP contribution in [0.1, 0.15) is 59.0 Å². The minimum absolute atomic E-state index is 0.0529. The maximum absolute atomic E-state index is 13.9. The summed E-state index contributed by atoms with van der Waals surface area (Å²) < 4.78 is 32.3. The Morgan fingerprint density at radius 2 is 1.81 bits per heavy atom. The van der Waals surface area contributed by atoms with Gasteiger partial charge in [0.2, 0.25) is 5.91 Å². The Balaban J connectivity index is 1.64. The molecule has 170 valence electrons. The Hall–Kier alpha value is -3.36. The third-order valence-corrected chi connectivity index (χ3v) is 5.65. The van der Waals surface area contributed by atoms with Gasteiger partial charge in [-0.2, -0.15) is 0 Å². The predicted octanol–water partition coefficient (Wildman–Crippen LogP) is 3.41. The van der Waals surface area contributed by atoms with Crippen molar-refractivity contribution in [1.82, 2.24) is 15.2 Å². The molecule has 0 saturated heterocycles. The number of carbonyl (C=O) groups is 3. The molecule has 1 fully saturated rings. The second-order valence-corrected chi connectivity index (χ2v) is 7.81. The molecule has 0 atom stereocenters. The normalized spacial score (nSPS) is 18.0. The second-order valence-electron chi connectivity index (χ2n) is 7.81. The number of imide groups is 1. The van der Waals surface area contributed by atoms with Gasteiger partial charge in [-0.15, -0.1) is 0 Å². The van der Waals surface area contributed by atoms with Crippen LogP contribution >= 0.6 is 0 Å². The van der Waals surface area contributed by atoms with Crippen molar-refractivity contribution in [2.45, 2.75) is 51.6 Å². The van der Waals surface area contributed by atoms with Gasteiger partial charge in [0, 0.05) is 24.6 Å². The lowest BCUT2D eigenvalue weighted by atomic mass is 9.89. The highest BCUT2D eigenvalue weighted by molar-refractivity contribution is 6.05. The Morgan fingerprint density at radius 1 is 1.12 bits per heavy atom. The molecule has 2 aromatic rings. The molecule has 0 aliphatic heterocycles. The highest BCUT2D eigenvalue weighted by atomic mass is 19.1. The summed E-state index contributed by atoms with van der Waals surface area (Å²) in [6, 6.07) is 4.53. The fourth-order valence-electron chi connectivity index (χ4n) is 3.97. The molecule has 0 bridgehead atoms. The van der Waals surface area contributed by atoms with Gasteiger partial charge in [0.1, 0.15) is 5.82 Å². The van der Waals surface area contributed by atoms with E-state index in [1.165, 1.54) is 26.2 Å². The first-order chi connectivity index (χ1) is 15.2. The molecule has 1 heterocycles. The highest BCUT2D eigenvalue weighted by Crippen LogP contribution is 2.26. The van der Waals surface area contributed by atoms with Crippen LogP contribution in [-0.4, -0.2) is 46.8 Å². The fraction of sp³-hybridized carbons (Fsp3) is 0.391. The van der Waals surface area contributed by atoms with E-state index in [0.717, 1.165) is 23.2 Å². The van der Waals surface area contributed by atoms with Crippen molar-refractivity contribution in [1.29, 1.82) is 0 Å². The standard InChI is InChI=1S/C23H25F2N3O4/c1-13-19(11-16(24)12-26-13)23(31)28(14(2)29)18-7-5-17(6-8-18)27-22(30)15-4-9-21(32-3)20(25)10-15/h4,9-12,17-18H,5-8H2,1-3H3,(H,27,30). The lowest BCUT2D eigenvalue weighted by molar-refractivity contribution is -0.128. The van der Waals surface area contributed by atoms with Crippen LogP contribution in [0.2, 0.25) is 0 Å². The lowest BCUT2D eigenvalue weighted by Crippen LogP contribution is -2.48. The van der Waals surface area contributed by atoms with Gasteiger partial charge in [0.05, 0.1) is 24.6 Å². The topological polar surface area (TPSA) is 88.6 Å². The molecule has 1 aromatic heterocycles. The van der Waals surface area contributed by atoms with Crippen LogP contribution in [0.4, 0.5) is 8.78 Å². The van der Waals surface area contributed by atoms with Gasteiger partial charge in [-0.1, -0.05) is 0 Å². The van der Waals surface area contributed by atoms with Gasteiger partial charge in [0.15, 0.2) is 11.6 Å². The molecule has 0 unspecified atom stereocenters. The van der Waals surface area contributed by atoms with E-state index in [4.69, 9.17) is 4.74 Å². The van der Waals surface area contributed by atoms with Gasteiger partial charge >= 0.3 is 0 Å². The largest absolute Gasteiger partial charge is 0.494 e.